The van der Waals surface area contributed by atoms with Crippen LogP contribution in [0.15, 0.2) is 146 Å². The van der Waals surface area contributed by atoms with Gasteiger partial charge in [0.2, 0.25) is 0 Å². The smallest absolute Gasteiger partial charge is 0.0998 e. The predicted octanol–water partition coefficient (Wildman–Crippen LogP) is 15.4. The molecule has 59 heavy (non-hydrogen) atoms. The number of fused-ring (bicyclic) bond motifs is 11. The quantitative estimate of drug-likeness (QED) is 0.165. The van der Waals surface area contributed by atoms with Crippen LogP contribution in [0.5, 0.6) is 0 Å². The van der Waals surface area contributed by atoms with Gasteiger partial charge in [-0.05, 0) is 193 Å². The van der Waals surface area contributed by atoms with Gasteiger partial charge in [-0.15, -0.1) is 0 Å². The number of benzene rings is 10. The topological polar surface area (TPSA) is 47.6 Å². The van der Waals surface area contributed by atoms with Crippen molar-refractivity contribution in [2.75, 3.05) is 0 Å². The monoisotopic (exact) mass is 748 g/mol. The molecule has 0 radical (unpaired) electrons. The van der Waals surface area contributed by atoms with Crippen molar-refractivity contribution >= 4 is 53.9 Å². The summed E-state index contributed by atoms with van der Waals surface area (Å²) in [6.45, 7) is 9.10. The molecule has 0 bridgehead atoms. The van der Waals surface area contributed by atoms with Gasteiger partial charge in [-0.25, -0.2) is 0 Å². The van der Waals surface area contributed by atoms with Gasteiger partial charge >= 0.3 is 0 Å². The number of nitrogens with zero attached hydrogens (tertiary/aromatic N) is 2. The van der Waals surface area contributed by atoms with E-state index >= 15 is 0 Å². The summed E-state index contributed by atoms with van der Waals surface area (Å²) in [6.07, 6.45) is 0. The van der Waals surface area contributed by atoms with Crippen molar-refractivity contribution in [3.63, 3.8) is 0 Å². The molecule has 0 heterocycles. The minimum Gasteiger partial charge on any atom is -0.192 e. The molecule has 2 heteroatoms. The van der Waals surface area contributed by atoms with E-state index in [9.17, 15) is 10.5 Å². The molecule has 10 aromatic carbocycles. The van der Waals surface area contributed by atoms with Crippen LogP contribution in [-0.2, 0) is 5.41 Å². The molecule has 2 nitrogen and oxygen atoms in total. The molecule has 0 amide bonds. The van der Waals surface area contributed by atoms with Crippen LogP contribution in [0.1, 0.15) is 43.0 Å². The number of hydrogen-bond acceptors (Lipinski definition) is 2. The third-order valence-electron chi connectivity index (χ3n) is 13.3. The minimum atomic E-state index is -0.0256. The molecule has 0 atom stereocenters. The molecule has 0 aliphatic heterocycles. The number of hydrogen-bond donors (Lipinski definition) is 0. The van der Waals surface area contributed by atoms with Gasteiger partial charge in [-0.2, -0.15) is 10.5 Å². The van der Waals surface area contributed by atoms with Crippen LogP contribution in [0.25, 0.3) is 121 Å². The van der Waals surface area contributed by atoms with Gasteiger partial charge in [-0.3, -0.25) is 0 Å². The fraction of sp³-hybridized carbons (Fsp3) is 0.0877. The van der Waals surface area contributed by atoms with Crippen molar-refractivity contribution in [2.45, 2.75) is 33.1 Å². The Labute approximate surface area is 342 Å². The normalized spacial score (nSPS) is 12.4. The molecule has 0 fully saturated rings. The van der Waals surface area contributed by atoms with E-state index in [1.165, 1.54) is 104 Å². The summed E-state index contributed by atoms with van der Waals surface area (Å²) in [5.74, 6) is 0. The lowest BCUT2D eigenvalue weighted by Crippen LogP contribution is -2.11. The second-order valence-corrected chi connectivity index (χ2v) is 17.5. The molecule has 2 aliphatic carbocycles. The average molecular weight is 749 g/mol. The van der Waals surface area contributed by atoms with Gasteiger partial charge in [0, 0.05) is 5.56 Å². The molecular weight excluding hydrogens is 713 g/mol. The van der Waals surface area contributed by atoms with Crippen molar-refractivity contribution in [3.05, 3.63) is 168 Å². The minimum absolute atomic E-state index is 0.0256. The van der Waals surface area contributed by atoms with Crippen molar-refractivity contribution < 1.29 is 0 Å². The van der Waals surface area contributed by atoms with E-state index < -0.39 is 0 Å². The van der Waals surface area contributed by atoms with E-state index in [1.807, 2.05) is 6.07 Å². The van der Waals surface area contributed by atoms with Crippen LogP contribution >= 0.6 is 0 Å². The van der Waals surface area contributed by atoms with Gasteiger partial charge < -0.3 is 0 Å². The molecular formula is C57H36N2. The van der Waals surface area contributed by atoms with Gasteiger partial charge in [0.25, 0.3) is 0 Å². The molecule has 12 rings (SSSR count). The molecule has 0 aromatic heterocycles. The second-order valence-electron chi connectivity index (χ2n) is 17.5. The lowest BCUT2D eigenvalue weighted by Gasteiger charge is -2.23. The van der Waals surface area contributed by atoms with E-state index in [0.717, 1.165) is 27.3 Å². The molecule has 2 aliphatic rings. The summed E-state index contributed by atoms with van der Waals surface area (Å²) in [5.41, 5.74) is 17.7. The standard InChI is InChI=1S/C57H36N2/c1-31-17-20-36(57(2,3)4)22-41(31)47-27-53-52-26-46-40-16-8-12-34-10-6-14-38(56(34)40)44(46)24-50(52)48(42-21-32(29-58)18-19-35(42)30-59)28-54(53)51-25-45-39-15-7-11-33-9-5-13-37(55(33)39)43(45)23-49(47)51/h5-28H,1-4H3. The van der Waals surface area contributed by atoms with E-state index in [2.05, 4.69) is 167 Å². The summed E-state index contributed by atoms with van der Waals surface area (Å²) >= 11 is 0. The number of rotatable bonds is 2. The highest BCUT2D eigenvalue weighted by Crippen LogP contribution is 2.54. The second kappa shape index (κ2) is 11.8. The van der Waals surface area contributed by atoms with E-state index in [4.69, 9.17) is 0 Å². The maximum absolute atomic E-state index is 10.6. The fourth-order valence-electron chi connectivity index (χ4n) is 10.4. The lowest BCUT2D eigenvalue weighted by molar-refractivity contribution is 0.590. The number of aryl methyl sites for hydroxylation is 1. The lowest BCUT2D eigenvalue weighted by atomic mass is 9.81. The molecule has 0 saturated heterocycles. The zero-order chi connectivity index (χ0) is 39.9. The van der Waals surface area contributed by atoms with Crippen molar-refractivity contribution in [1.29, 1.82) is 10.5 Å². The largest absolute Gasteiger partial charge is 0.192 e. The summed E-state index contributed by atoms with van der Waals surface area (Å²) in [7, 11) is 0. The van der Waals surface area contributed by atoms with Gasteiger partial charge in [0.1, 0.15) is 0 Å². The predicted molar refractivity (Wildman–Crippen MR) is 247 cm³/mol. The third kappa shape index (κ3) is 4.61. The molecule has 274 valence electrons. The Hall–Kier alpha value is -7.52. The van der Waals surface area contributed by atoms with Crippen molar-refractivity contribution in [3.8, 4) is 78.9 Å². The van der Waals surface area contributed by atoms with Crippen LogP contribution in [0, 0.1) is 29.6 Å². The highest BCUT2D eigenvalue weighted by molar-refractivity contribution is 6.29. The van der Waals surface area contributed by atoms with Crippen LogP contribution in [0.4, 0.5) is 0 Å². The molecule has 10 aromatic rings. The Morgan fingerprint density at radius 2 is 0.814 bits per heavy atom. The maximum Gasteiger partial charge on any atom is 0.0998 e. The SMILES string of the molecule is Cc1ccc(C(C)(C)C)cc1-c1cc2c3cc4c(cc3c(-c3cc(C#N)ccc3C#N)cc2c2cc3c(cc12)-c1cccc2cccc-3c12)-c1cccc2cccc-4c12. The van der Waals surface area contributed by atoms with E-state index in [-0.39, 0.29) is 5.41 Å². The number of nitriles is 2. The van der Waals surface area contributed by atoms with Gasteiger partial charge in [0.15, 0.2) is 0 Å². The molecule has 0 N–H and O–H groups in total. The Kier molecular flexibility index (Phi) is 6.70. The third-order valence-corrected chi connectivity index (χ3v) is 13.3. The van der Waals surface area contributed by atoms with E-state index in [0.29, 0.717) is 11.1 Å². The Morgan fingerprint density at radius 1 is 0.373 bits per heavy atom. The molecule has 0 unspecified atom stereocenters. The first-order valence-corrected chi connectivity index (χ1v) is 20.4. The first kappa shape index (κ1) is 33.6. The zero-order valence-electron chi connectivity index (χ0n) is 33.3. The van der Waals surface area contributed by atoms with Crippen LogP contribution in [0.2, 0.25) is 0 Å². The summed E-state index contributed by atoms with van der Waals surface area (Å²) in [4.78, 5) is 0. The van der Waals surface area contributed by atoms with Gasteiger partial charge in [-0.1, -0.05) is 112 Å². The summed E-state index contributed by atoms with van der Waals surface area (Å²) < 4.78 is 0. The average Bonchev–Trinajstić information content (AvgIpc) is 3.74. The summed E-state index contributed by atoms with van der Waals surface area (Å²) in [5, 5.41) is 32.6. The fourth-order valence-corrected chi connectivity index (χ4v) is 10.4. The van der Waals surface area contributed by atoms with Crippen molar-refractivity contribution in [2.24, 2.45) is 0 Å². The Morgan fingerprint density at radius 3 is 1.27 bits per heavy atom. The first-order chi connectivity index (χ1) is 28.7. The molecule has 0 spiro atoms. The maximum atomic E-state index is 10.6. The first-order valence-electron chi connectivity index (χ1n) is 20.4. The van der Waals surface area contributed by atoms with Gasteiger partial charge in [0.05, 0.1) is 23.3 Å². The van der Waals surface area contributed by atoms with Crippen LogP contribution in [0.3, 0.4) is 0 Å². The Balaban J connectivity index is 1.30. The highest BCUT2D eigenvalue weighted by atomic mass is 14.3. The highest BCUT2D eigenvalue weighted by Gasteiger charge is 2.28. The van der Waals surface area contributed by atoms with E-state index in [1.54, 1.807) is 12.1 Å². The molecule has 0 saturated carbocycles. The Bertz CT molecular complexity index is 3660. The van der Waals surface area contributed by atoms with Crippen LogP contribution < -0.4 is 0 Å². The van der Waals surface area contributed by atoms with Crippen LogP contribution in [-0.4, -0.2) is 0 Å². The summed E-state index contributed by atoms with van der Waals surface area (Å²) in [6, 6.07) is 58.2. The zero-order valence-corrected chi connectivity index (χ0v) is 33.3. The van der Waals surface area contributed by atoms with Crippen molar-refractivity contribution in [1.82, 2.24) is 0 Å².